The van der Waals surface area contributed by atoms with Crippen LogP contribution in [0.25, 0.3) is 0 Å². The Balaban J connectivity index is 1.23. The van der Waals surface area contributed by atoms with Gasteiger partial charge in [-0.1, -0.05) is 49.9 Å². The van der Waals surface area contributed by atoms with Crippen molar-refractivity contribution >= 4 is 23.5 Å². The van der Waals surface area contributed by atoms with Crippen LogP contribution in [0.4, 0.5) is 0 Å². The van der Waals surface area contributed by atoms with Gasteiger partial charge in [0.2, 0.25) is 0 Å². The van der Waals surface area contributed by atoms with Gasteiger partial charge in [0.1, 0.15) is 24.4 Å². The van der Waals surface area contributed by atoms with E-state index < -0.39 is 46.5 Å². The molecule has 0 aliphatic heterocycles. The molecule has 4 rings (SSSR count). The van der Waals surface area contributed by atoms with Crippen LogP contribution in [0.3, 0.4) is 0 Å². The lowest BCUT2D eigenvalue weighted by molar-refractivity contribution is -0.161. The Morgan fingerprint density at radius 2 is 1.02 bits per heavy atom. The third-order valence-electron chi connectivity index (χ3n) is 9.59. The predicted octanol–water partition coefficient (Wildman–Crippen LogP) is 4.93. The Hall–Kier alpha value is -3.40. The number of carbonyl (C=O) groups is 4. The normalized spacial score (nSPS) is 24.9. The maximum atomic E-state index is 13.3. The van der Waals surface area contributed by atoms with Crippen LogP contribution in [0.15, 0.2) is 36.4 Å². The number of hydrogen-bond donors (Lipinski definition) is 2. The van der Waals surface area contributed by atoms with E-state index in [9.17, 15) is 29.4 Å². The highest BCUT2D eigenvalue weighted by Crippen LogP contribution is 2.39. The van der Waals surface area contributed by atoms with Crippen molar-refractivity contribution in [3.05, 3.63) is 69.8 Å². The molecule has 0 heterocycles. The van der Waals surface area contributed by atoms with Gasteiger partial charge in [0.25, 0.3) is 0 Å². The molecule has 0 radical (unpaired) electrons. The monoisotopic (exact) mass is 622 g/mol. The van der Waals surface area contributed by atoms with Crippen molar-refractivity contribution < 1.29 is 43.6 Å². The van der Waals surface area contributed by atoms with Crippen LogP contribution in [0, 0.1) is 39.5 Å². The Bertz CT molecular complexity index is 1310. The first kappa shape index (κ1) is 34.5. The molecule has 2 aromatic rings. The summed E-state index contributed by atoms with van der Waals surface area (Å²) in [6.45, 7) is 7.54. The fraction of sp³-hybridized carbons (Fsp3) is 0.556. The van der Waals surface area contributed by atoms with E-state index in [2.05, 4.69) is 0 Å². The molecule has 2 unspecified atom stereocenters. The second-order valence-electron chi connectivity index (χ2n) is 12.6. The molecular formula is C36H46O9. The number of esters is 2. The highest BCUT2D eigenvalue weighted by Gasteiger charge is 2.51. The molecule has 2 N–H and O–H groups in total. The van der Waals surface area contributed by atoms with Crippen molar-refractivity contribution in [1.82, 2.24) is 0 Å². The molecule has 0 bridgehead atoms. The predicted molar refractivity (Wildman–Crippen MR) is 167 cm³/mol. The van der Waals surface area contributed by atoms with Gasteiger partial charge in [-0.25, -0.2) is 0 Å². The van der Waals surface area contributed by atoms with Crippen molar-refractivity contribution in [3.63, 3.8) is 0 Å². The maximum Gasteiger partial charge on any atom is 0.312 e. The van der Waals surface area contributed by atoms with Gasteiger partial charge in [0.05, 0.1) is 25.0 Å². The van der Waals surface area contributed by atoms with Crippen molar-refractivity contribution in [2.45, 2.75) is 90.3 Å². The number of rotatable bonds is 12. The molecular weight excluding hydrogens is 576 g/mol. The zero-order valence-electron chi connectivity index (χ0n) is 26.9. The van der Waals surface area contributed by atoms with Crippen molar-refractivity contribution in [2.75, 3.05) is 26.4 Å². The molecule has 2 aromatic carbocycles. The summed E-state index contributed by atoms with van der Waals surface area (Å²) in [5.41, 5.74) is 1.03. The minimum atomic E-state index is -1.83. The van der Waals surface area contributed by atoms with Crippen LogP contribution in [-0.2, 0) is 23.8 Å². The topological polar surface area (TPSA) is 136 Å². The summed E-state index contributed by atoms with van der Waals surface area (Å²) in [6, 6.07) is 10.5. The maximum absolute atomic E-state index is 13.3. The Kier molecular flexibility index (Phi) is 11.3. The van der Waals surface area contributed by atoms with Crippen LogP contribution in [0.2, 0.25) is 0 Å². The lowest BCUT2D eigenvalue weighted by Crippen LogP contribution is -2.51. The minimum Gasteiger partial charge on any atom is -0.463 e. The zero-order valence-corrected chi connectivity index (χ0v) is 26.9. The number of benzene rings is 2. The molecule has 2 saturated carbocycles. The molecule has 2 aliphatic rings. The van der Waals surface area contributed by atoms with E-state index in [0.29, 0.717) is 49.7 Å². The molecule has 9 nitrogen and oxygen atoms in total. The number of hydrogen-bond acceptors (Lipinski definition) is 9. The van der Waals surface area contributed by atoms with Gasteiger partial charge in [0, 0.05) is 11.1 Å². The quantitative estimate of drug-likeness (QED) is 0.192. The average Bonchev–Trinajstić information content (AvgIpc) is 3.02. The van der Waals surface area contributed by atoms with E-state index in [1.807, 2.05) is 39.8 Å². The number of Topliss-reactive ketones (excluding diaryl/α,β-unsaturated/α-hetero) is 2. The van der Waals surface area contributed by atoms with E-state index in [1.54, 1.807) is 24.3 Å². The Morgan fingerprint density at radius 3 is 1.40 bits per heavy atom. The fourth-order valence-corrected chi connectivity index (χ4v) is 6.45. The summed E-state index contributed by atoms with van der Waals surface area (Å²) in [5, 5.41) is 22.8. The minimum absolute atomic E-state index is 0.0260. The Morgan fingerprint density at radius 1 is 0.622 bits per heavy atom. The zero-order chi connectivity index (χ0) is 32.8. The van der Waals surface area contributed by atoms with Crippen LogP contribution < -0.4 is 0 Å². The van der Waals surface area contributed by atoms with Crippen molar-refractivity contribution in [3.8, 4) is 0 Å². The number of aliphatic hydroxyl groups is 2. The van der Waals surface area contributed by atoms with Crippen molar-refractivity contribution in [1.29, 1.82) is 0 Å². The van der Waals surface area contributed by atoms with Gasteiger partial charge < -0.3 is 24.4 Å². The molecule has 4 atom stereocenters. The summed E-state index contributed by atoms with van der Waals surface area (Å²) >= 11 is 0. The van der Waals surface area contributed by atoms with Crippen molar-refractivity contribution in [2.24, 2.45) is 11.8 Å². The first-order chi connectivity index (χ1) is 21.4. The van der Waals surface area contributed by atoms with Gasteiger partial charge in [-0.05, 0) is 87.8 Å². The van der Waals surface area contributed by atoms with E-state index in [-0.39, 0.29) is 39.3 Å². The third-order valence-corrected chi connectivity index (χ3v) is 9.59. The van der Waals surface area contributed by atoms with E-state index >= 15 is 0 Å². The molecule has 9 heteroatoms. The fourth-order valence-electron chi connectivity index (χ4n) is 6.45. The average molecular weight is 623 g/mol. The first-order valence-electron chi connectivity index (χ1n) is 16.0. The van der Waals surface area contributed by atoms with E-state index in [1.165, 1.54) is 0 Å². The summed E-state index contributed by atoms with van der Waals surface area (Å²) in [4.78, 5) is 52.6. The summed E-state index contributed by atoms with van der Waals surface area (Å²) in [6.07, 6.45) is 3.75. The lowest BCUT2D eigenvalue weighted by Gasteiger charge is -2.37. The first-order valence-corrected chi connectivity index (χ1v) is 16.0. The van der Waals surface area contributed by atoms with Gasteiger partial charge in [-0.3, -0.25) is 19.2 Å². The molecule has 0 aromatic heterocycles. The molecule has 0 saturated heterocycles. The number of carbonyl (C=O) groups excluding carboxylic acids is 4. The standard InChI is InChI=1S/C36H46O9/c1-23-11-13-27(21-25(23)3)31(37)35(41)15-7-5-9-29(35)33(39)44-19-17-43-18-20-45-34(40)30-10-6-8-16-36(30,42)32(38)28-14-12-24(2)26(4)22-28/h11-14,21-22,29-30,41-42H,5-10,15-20H2,1-4H3/t29-,30?,35-,36?/m1/s1. The summed E-state index contributed by atoms with van der Waals surface area (Å²) in [7, 11) is 0. The van der Waals surface area contributed by atoms with Gasteiger partial charge in [0.15, 0.2) is 11.6 Å². The van der Waals surface area contributed by atoms with E-state index in [4.69, 9.17) is 14.2 Å². The molecule has 2 fully saturated rings. The number of ketones is 2. The highest BCUT2D eigenvalue weighted by atomic mass is 16.6. The van der Waals surface area contributed by atoms with Crippen LogP contribution in [0.5, 0.6) is 0 Å². The van der Waals surface area contributed by atoms with Gasteiger partial charge >= 0.3 is 11.9 Å². The lowest BCUT2D eigenvalue weighted by atomic mass is 9.71. The molecule has 2 aliphatic carbocycles. The molecule has 45 heavy (non-hydrogen) atoms. The second kappa shape index (κ2) is 14.8. The molecule has 244 valence electrons. The van der Waals surface area contributed by atoms with Gasteiger partial charge in [-0.15, -0.1) is 0 Å². The second-order valence-corrected chi connectivity index (χ2v) is 12.6. The highest BCUT2D eigenvalue weighted by molar-refractivity contribution is 6.05. The van der Waals surface area contributed by atoms with E-state index in [0.717, 1.165) is 22.3 Å². The summed E-state index contributed by atoms with van der Waals surface area (Å²) in [5.74, 6) is -4.16. The molecule has 0 spiro atoms. The van der Waals surface area contributed by atoms with Gasteiger partial charge in [-0.2, -0.15) is 0 Å². The molecule has 0 amide bonds. The van der Waals surface area contributed by atoms with Crippen LogP contribution in [0.1, 0.15) is 94.3 Å². The largest absolute Gasteiger partial charge is 0.463 e. The number of aryl methyl sites for hydroxylation is 4. The Labute approximate surface area is 265 Å². The summed E-state index contributed by atoms with van der Waals surface area (Å²) < 4.78 is 16.3. The van der Waals surface area contributed by atoms with Crippen LogP contribution in [-0.4, -0.2) is 71.3 Å². The SMILES string of the molecule is Cc1ccc(C(=O)C2(O)CCCCC2C(=O)OCCOCCOC(=O)[C@H]2CCCC[C@]2(O)C(=O)c2ccc(C)c(C)c2)cc1C. The smallest absolute Gasteiger partial charge is 0.312 e. The number of ether oxygens (including phenoxy) is 3. The third kappa shape index (κ3) is 7.71. The van der Waals surface area contributed by atoms with Crippen LogP contribution >= 0.6 is 0 Å².